The normalized spacial score (nSPS) is 26.0. The average Bonchev–Trinajstić information content (AvgIpc) is 2.67. The third kappa shape index (κ3) is 2.70. The van der Waals surface area contributed by atoms with Crippen molar-refractivity contribution in [2.45, 2.75) is 46.0 Å². The maximum atomic E-state index is 11.8. The number of hydrogen-bond acceptors (Lipinski definition) is 3. The van der Waals surface area contributed by atoms with Crippen molar-refractivity contribution < 1.29 is 4.79 Å². The smallest absolute Gasteiger partial charge is 0.136 e. The molecule has 0 aliphatic heterocycles. The molecule has 0 aromatic carbocycles. The highest BCUT2D eigenvalue weighted by atomic mass is 32.1. The van der Waals surface area contributed by atoms with Gasteiger partial charge in [0, 0.05) is 29.8 Å². The Labute approximate surface area is 101 Å². The summed E-state index contributed by atoms with van der Waals surface area (Å²) in [4.78, 5) is 16.3. The molecular weight excluding hydrogens is 218 g/mol. The SMILES string of the molecule is CCC1CCC(=O)C(Cc2nc(C)cs2)C1. The van der Waals surface area contributed by atoms with Crippen molar-refractivity contribution in [3.8, 4) is 0 Å². The van der Waals surface area contributed by atoms with E-state index < -0.39 is 0 Å². The first kappa shape index (κ1) is 11.8. The van der Waals surface area contributed by atoms with E-state index in [-0.39, 0.29) is 5.92 Å². The van der Waals surface area contributed by atoms with E-state index in [1.54, 1.807) is 11.3 Å². The van der Waals surface area contributed by atoms with Gasteiger partial charge in [-0.3, -0.25) is 4.79 Å². The van der Waals surface area contributed by atoms with E-state index in [0.29, 0.717) is 5.78 Å². The summed E-state index contributed by atoms with van der Waals surface area (Å²) < 4.78 is 0. The fourth-order valence-corrected chi connectivity index (χ4v) is 3.33. The van der Waals surface area contributed by atoms with Crippen LogP contribution in [-0.2, 0) is 11.2 Å². The van der Waals surface area contributed by atoms with Gasteiger partial charge >= 0.3 is 0 Å². The summed E-state index contributed by atoms with van der Waals surface area (Å²) in [5.74, 6) is 1.45. The summed E-state index contributed by atoms with van der Waals surface area (Å²) in [6.07, 6.45) is 5.04. The van der Waals surface area contributed by atoms with Gasteiger partial charge in [0.1, 0.15) is 5.78 Å². The molecule has 16 heavy (non-hydrogen) atoms. The Balaban J connectivity index is 1.99. The summed E-state index contributed by atoms with van der Waals surface area (Å²) in [7, 11) is 0. The molecule has 2 rings (SSSR count). The van der Waals surface area contributed by atoms with Crippen LogP contribution in [0.25, 0.3) is 0 Å². The summed E-state index contributed by atoms with van der Waals surface area (Å²) >= 11 is 1.69. The average molecular weight is 237 g/mol. The Hall–Kier alpha value is -0.700. The third-order valence-corrected chi connectivity index (χ3v) is 4.53. The second kappa shape index (κ2) is 5.09. The van der Waals surface area contributed by atoms with E-state index in [1.807, 2.05) is 6.92 Å². The summed E-state index contributed by atoms with van der Waals surface area (Å²) in [6, 6.07) is 0. The second-order valence-corrected chi connectivity index (χ2v) is 5.74. The van der Waals surface area contributed by atoms with Crippen molar-refractivity contribution in [3.05, 3.63) is 16.1 Å². The van der Waals surface area contributed by atoms with E-state index in [0.717, 1.165) is 42.3 Å². The van der Waals surface area contributed by atoms with Crippen molar-refractivity contribution >= 4 is 17.1 Å². The van der Waals surface area contributed by atoms with Gasteiger partial charge in [-0.2, -0.15) is 0 Å². The molecule has 2 nitrogen and oxygen atoms in total. The molecule has 1 saturated carbocycles. The molecule has 3 heteroatoms. The molecule has 0 spiro atoms. The molecular formula is C13H19NOS. The minimum atomic E-state index is 0.240. The van der Waals surface area contributed by atoms with Crippen molar-refractivity contribution in [2.24, 2.45) is 11.8 Å². The molecule has 1 aromatic heterocycles. The first-order valence-electron chi connectivity index (χ1n) is 6.12. The van der Waals surface area contributed by atoms with Gasteiger partial charge in [0.25, 0.3) is 0 Å². The van der Waals surface area contributed by atoms with E-state index in [9.17, 15) is 4.79 Å². The Morgan fingerprint density at radius 2 is 2.38 bits per heavy atom. The number of ketones is 1. The standard InChI is InChI=1S/C13H19NOS/c1-3-10-4-5-12(15)11(6-10)7-13-14-9(2)8-16-13/h8,10-11H,3-7H2,1-2H3. The van der Waals surface area contributed by atoms with Crippen LogP contribution in [0.1, 0.15) is 43.3 Å². The van der Waals surface area contributed by atoms with Crippen LogP contribution in [0.4, 0.5) is 0 Å². The highest BCUT2D eigenvalue weighted by molar-refractivity contribution is 7.09. The van der Waals surface area contributed by atoms with Gasteiger partial charge < -0.3 is 0 Å². The van der Waals surface area contributed by atoms with E-state index in [2.05, 4.69) is 17.3 Å². The minimum Gasteiger partial charge on any atom is -0.299 e. The zero-order valence-corrected chi connectivity index (χ0v) is 10.8. The predicted octanol–water partition coefficient (Wildman–Crippen LogP) is 3.39. The van der Waals surface area contributed by atoms with Crippen LogP contribution in [0, 0.1) is 18.8 Å². The molecule has 2 atom stereocenters. The molecule has 0 radical (unpaired) electrons. The van der Waals surface area contributed by atoms with Gasteiger partial charge in [0.2, 0.25) is 0 Å². The van der Waals surface area contributed by atoms with Crippen molar-refractivity contribution in [2.75, 3.05) is 0 Å². The summed E-state index contributed by atoms with van der Waals surface area (Å²) in [6.45, 7) is 4.24. The molecule has 0 amide bonds. The van der Waals surface area contributed by atoms with Crippen molar-refractivity contribution in [3.63, 3.8) is 0 Å². The topological polar surface area (TPSA) is 30.0 Å². The van der Waals surface area contributed by atoms with Crippen LogP contribution < -0.4 is 0 Å². The number of Topliss-reactive ketones (excluding diaryl/α,β-unsaturated/α-hetero) is 1. The van der Waals surface area contributed by atoms with Crippen molar-refractivity contribution in [1.29, 1.82) is 0 Å². The number of hydrogen-bond donors (Lipinski definition) is 0. The predicted molar refractivity (Wildman–Crippen MR) is 66.7 cm³/mol. The maximum Gasteiger partial charge on any atom is 0.136 e. The number of rotatable bonds is 3. The minimum absolute atomic E-state index is 0.240. The molecule has 1 aliphatic carbocycles. The molecule has 1 aliphatic rings. The Morgan fingerprint density at radius 1 is 1.56 bits per heavy atom. The van der Waals surface area contributed by atoms with Crippen LogP contribution in [0.5, 0.6) is 0 Å². The molecule has 1 aromatic rings. The summed E-state index contributed by atoms with van der Waals surface area (Å²) in [5, 5.41) is 3.20. The van der Waals surface area contributed by atoms with Crippen LogP contribution in [-0.4, -0.2) is 10.8 Å². The fraction of sp³-hybridized carbons (Fsp3) is 0.692. The highest BCUT2D eigenvalue weighted by Crippen LogP contribution is 2.31. The first-order chi connectivity index (χ1) is 7.69. The lowest BCUT2D eigenvalue weighted by Gasteiger charge is -2.26. The molecule has 0 saturated heterocycles. The Bertz CT molecular complexity index is 372. The zero-order chi connectivity index (χ0) is 11.5. The highest BCUT2D eigenvalue weighted by Gasteiger charge is 2.28. The molecule has 0 bridgehead atoms. The number of nitrogens with zero attached hydrogens (tertiary/aromatic N) is 1. The number of aromatic nitrogens is 1. The lowest BCUT2D eigenvalue weighted by Crippen LogP contribution is -2.26. The molecule has 0 N–H and O–H groups in total. The van der Waals surface area contributed by atoms with E-state index in [1.165, 1.54) is 6.42 Å². The second-order valence-electron chi connectivity index (χ2n) is 4.80. The molecule has 88 valence electrons. The zero-order valence-electron chi connectivity index (χ0n) is 10.0. The van der Waals surface area contributed by atoms with Crippen LogP contribution in [0.2, 0.25) is 0 Å². The number of carbonyl (C=O) groups excluding carboxylic acids is 1. The molecule has 1 heterocycles. The molecule has 2 unspecified atom stereocenters. The Morgan fingerprint density at radius 3 is 3.00 bits per heavy atom. The van der Waals surface area contributed by atoms with Gasteiger partial charge in [-0.15, -0.1) is 11.3 Å². The largest absolute Gasteiger partial charge is 0.299 e. The number of thiazole rings is 1. The number of carbonyl (C=O) groups is 1. The van der Waals surface area contributed by atoms with Crippen LogP contribution in [0.15, 0.2) is 5.38 Å². The Kier molecular flexibility index (Phi) is 3.74. The van der Waals surface area contributed by atoms with Gasteiger partial charge in [-0.1, -0.05) is 13.3 Å². The first-order valence-corrected chi connectivity index (χ1v) is 7.00. The summed E-state index contributed by atoms with van der Waals surface area (Å²) in [5.41, 5.74) is 1.08. The monoisotopic (exact) mass is 237 g/mol. The number of aryl methyl sites for hydroxylation is 1. The van der Waals surface area contributed by atoms with Crippen molar-refractivity contribution in [1.82, 2.24) is 4.98 Å². The van der Waals surface area contributed by atoms with Gasteiger partial charge in [0.15, 0.2) is 0 Å². The van der Waals surface area contributed by atoms with Crippen LogP contribution in [0.3, 0.4) is 0 Å². The quantitative estimate of drug-likeness (QED) is 0.806. The lowest BCUT2D eigenvalue weighted by molar-refractivity contribution is -0.125. The van der Waals surface area contributed by atoms with E-state index in [4.69, 9.17) is 0 Å². The van der Waals surface area contributed by atoms with Gasteiger partial charge in [-0.25, -0.2) is 4.98 Å². The van der Waals surface area contributed by atoms with Gasteiger partial charge in [0.05, 0.1) is 5.01 Å². The van der Waals surface area contributed by atoms with Gasteiger partial charge in [-0.05, 0) is 25.7 Å². The fourth-order valence-electron chi connectivity index (χ4n) is 2.48. The molecule has 1 fully saturated rings. The van der Waals surface area contributed by atoms with Crippen LogP contribution >= 0.6 is 11.3 Å². The van der Waals surface area contributed by atoms with E-state index >= 15 is 0 Å². The third-order valence-electron chi connectivity index (χ3n) is 3.54. The lowest BCUT2D eigenvalue weighted by atomic mass is 9.78. The maximum absolute atomic E-state index is 11.8.